The quantitative estimate of drug-likeness (QED) is 0.883. The summed E-state index contributed by atoms with van der Waals surface area (Å²) < 4.78 is 21.4. The molecule has 0 aliphatic heterocycles. The molecule has 2 rings (SSSR count). The molecular weight excluding hydrogens is 257 g/mol. The Hall–Kier alpha value is -1.88. The van der Waals surface area contributed by atoms with Gasteiger partial charge in [-0.3, -0.25) is 0 Å². The predicted molar refractivity (Wildman–Crippen MR) is 75.9 cm³/mol. The van der Waals surface area contributed by atoms with Crippen molar-refractivity contribution in [2.75, 3.05) is 0 Å². The molecule has 2 N–H and O–H groups in total. The zero-order chi connectivity index (χ0) is 14.5. The molecule has 0 saturated carbocycles. The molecule has 0 spiro atoms. The van der Waals surface area contributed by atoms with E-state index in [4.69, 9.17) is 10.5 Å². The minimum absolute atomic E-state index is 0.324. The third-order valence-electron chi connectivity index (χ3n) is 3.11. The summed E-state index contributed by atoms with van der Waals surface area (Å²) in [7, 11) is 0. The molecule has 0 fully saturated rings. The Kier molecular flexibility index (Phi) is 4.74. The van der Waals surface area contributed by atoms with E-state index in [1.54, 1.807) is 31.6 Å². The van der Waals surface area contributed by atoms with Gasteiger partial charge in [-0.05, 0) is 19.4 Å². The molecule has 1 aromatic heterocycles. The smallest absolute Gasteiger partial charge is 0.131 e. The number of nitrogens with two attached hydrogens (primary N) is 1. The van der Waals surface area contributed by atoms with Crippen molar-refractivity contribution < 1.29 is 9.13 Å². The van der Waals surface area contributed by atoms with Gasteiger partial charge in [0.1, 0.15) is 18.2 Å². The van der Waals surface area contributed by atoms with Gasteiger partial charge in [-0.2, -0.15) is 0 Å². The van der Waals surface area contributed by atoms with E-state index in [-0.39, 0.29) is 11.9 Å². The summed E-state index contributed by atoms with van der Waals surface area (Å²) in [6.45, 7) is 5.13. The van der Waals surface area contributed by atoms with Crippen molar-refractivity contribution in [1.29, 1.82) is 0 Å². The molecular formula is C15H20FN3O. The molecule has 20 heavy (non-hydrogen) atoms. The number of aromatic nitrogens is 2. The summed E-state index contributed by atoms with van der Waals surface area (Å²) in [6, 6.07) is 4.45. The van der Waals surface area contributed by atoms with E-state index < -0.39 is 0 Å². The molecule has 0 aliphatic rings. The van der Waals surface area contributed by atoms with Crippen molar-refractivity contribution in [3.05, 3.63) is 47.8 Å². The fourth-order valence-electron chi connectivity index (χ4n) is 2.03. The monoisotopic (exact) mass is 277 g/mol. The molecule has 0 unspecified atom stereocenters. The first-order valence-electron chi connectivity index (χ1n) is 6.78. The minimum Gasteiger partial charge on any atom is -0.487 e. The van der Waals surface area contributed by atoms with Crippen molar-refractivity contribution in [2.45, 2.75) is 39.5 Å². The Morgan fingerprint density at radius 2 is 2.25 bits per heavy atom. The summed E-state index contributed by atoms with van der Waals surface area (Å²) in [4.78, 5) is 4.10. The first-order chi connectivity index (χ1) is 9.61. The summed E-state index contributed by atoms with van der Waals surface area (Å²) >= 11 is 0. The molecule has 0 saturated heterocycles. The number of halogens is 1. The lowest BCUT2D eigenvalue weighted by molar-refractivity contribution is 0.293. The van der Waals surface area contributed by atoms with E-state index in [0.717, 1.165) is 18.7 Å². The van der Waals surface area contributed by atoms with Gasteiger partial charge in [0.05, 0.1) is 18.2 Å². The second-order valence-corrected chi connectivity index (χ2v) is 4.84. The number of ether oxygens (including phenoxy) is 1. The van der Waals surface area contributed by atoms with Crippen LogP contribution in [0.1, 0.15) is 37.6 Å². The molecule has 0 radical (unpaired) electrons. The van der Waals surface area contributed by atoms with E-state index in [1.165, 1.54) is 6.07 Å². The van der Waals surface area contributed by atoms with Crippen LogP contribution in [-0.4, -0.2) is 9.55 Å². The molecule has 108 valence electrons. The number of hydrogen-bond donors (Lipinski definition) is 1. The highest BCUT2D eigenvalue weighted by atomic mass is 19.1. The SMILES string of the molecule is CCCn1cncc1COc1ccc([C@@H](C)N)c(F)c1. The Labute approximate surface area is 118 Å². The third-order valence-corrected chi connectivity index (χ3v) is 3.11. The highest BCUT2D eigenvalue weighted by Crippen LogP contribution is 2.21. The Morgan fingerprint density at radius 1 is 1.45 bits per heavy atom. The molecule has 5 heteroatoms. The normalized spacial score (nSPS) is 12.4. The molecule has 0 amide bonds. The standard InChI is InChI=1S/C15H20FN3O/c1-3-6-19-10-18-8-12(19)9-20-13-4-5-14(11(2)17)15(16)7-13/h4-5,7-8,10-11H,3,6,9,17H2,1-2H3/t11-/m1/s1. The molecule has 0 bridgehead atoms. The van der Waals surface area contributed by atoms with Crippen LogP contribution in [0, 0.1) is 5.82 Å². The highest BCUT2D eigenvalue weighted by molar-refractivity contribution is 5.30. The van der Waals surface area contributed by atoms with Gasteiger partial charge in [-0.15, -0.1) is 0 Å². The second kappa shape index (κ2) is 6.52. The summed E-state index contributed by atoms with van der Waals surface area (Å²) in [5.41, 5.74) is 7.15. The lowest BCUT2D eigenvalue weighted by atomic mass is 10.1. The van der Waals surface area contributed by atoms with Gasteiger partial charge in [-0.25, -0.2) is 9.37 Å². The molecule has 0 aliphatic carbocycles. The van der Waals surface area contributed by atoms with E-state index in [9.17, 15) is 4.39 Å². The lowest BCUT2D eigenvalue weighted by Crippen LogP contribution is -2.08. The first-order valence-corrected chi connectivity index (χ1v) is 6.78. The molecule has 1 atom stereocenters. The average molecular weight is 277 g/mol. The molecule has 1 aromatic carbocycles. The summed E-state index contributed by atoms with van der Waals surface area (Å²) in [5.74, 6) is 0.163. The Balaban J connectivity index is 2.04. The fraction of sp³-hybridized carbons (Fsp3) is 0.400. The minimum atomic E-state index is -0.334. The van der Waals surface area contributed by atoms with Crippen molar-refractivity contribution in [1.82, 2.24) is 9.55 Å². The number of rotatable bonds is 6. The largest absolute Gasteiger partial charge is 0.487 e. The van der Waals surface area contributed by atoms with Crippen LogP contribution >= 0.6 is 0 Å². The van der Waals surface area contributed by atoms with E-state index in [0.29, 0.717) is 17.9 Å². The van der Waals surface area contributed by atoms with Crippen molar-refractivity contribution in [3.8, 4) is 5.75 Å². The number of aryl methyl sites for hydroxylation is 1. The Bertz CT molecular complexity index is 566. The first kappa shape index (κ1) is 14.5. The maximum Gasteiger partial charge on any atom is 0.131 e. The van der Waals surface area contributed by atoms with Crippen molar-refractivity contribution in [2.24, 2.45) is 5.73 Å². The van der Waals surface area contributed by atoms with Gasteiger partial charge in [0.15, 0.2) is 0 Å². The van der Waals surface area contributed by atoms with Crippen LogP contribution in [0.15, 0.2) is 30.7 Å². The second-order valence-electron chi connectivity index (χ2n) is 4.84. The van der Waals surface area contributed by atoms with Crippen LogP contribution in [-0.2, 0) is 13.2 Å². The zero-order valence-electron chi connectivity index (χ0n) is 11.8. The van der Waals surface area contributed by atoms with Crippen LogP contribution < -0.4 is 10.5 Å². The topological polar surface area (TPSA) is 53.1 Å². The van der Waals surface area contributed by atoms with Gasteiger partial charge in [0, 0.05) is 24.2 Å². The lowest BCUT2D eigenvalue weighted by Gasteiger charge is -2.11. The van der Waals surface area contributed by atoms with E-state index in [1.807, 2.05) is 4.57 Å². The molecule has 2 aromatic rings. The van der Waals surface area contributed by atoms with E-state index >= 15 is 0 Å². The van der Waals surface area contributed by atoms with Gasteiger partial charge >= 0.3 is 0 Å². The summed E-state index contributed by atoms with van der Waals surface area (Å²) in [5, 5.41) is 0. The van der Waals surface area contributed by atoms with Gasteiger partial charge < -0.3 is 15.0 Å². The van der Waals surface area contributed by atoms with Crippen molar-refractivity contribution >= 4 is 0 Å². The van der Waals surface area contributed by atoms with Gasteiger partial charge in [0.2, 0.25) is 0 Å². The Morgan fingerprint density at radius 3 is 2.90 bits per heavy atom. The van der Waals surface area contributed by atoms with Gasteiger partial charge in [0.25, 0.3) is 0 Å². The molecule has 1 heterocycles. The summed E-state index contributed by atoms with van der Waals surface area (Å²) in [6.07, 6.45) is 4.57. The maximum atomic E-state index is 13.8. The number of benzene rings is 1. The van der Waals surface area contributed by atoms with Crippen LogP contribution in [0.5, 0.6) is 5.75 Å². The van der Waals surface area contributed by atoms with Crippen LogP contribution in [0.3, 0.4) is 0 Å². The van der Waals surface area contributed by atoms with Crippen LogP contribution in [0.25, 0.3) is 0 Å². The van der Waals surface area contributed by atoms with Gasteiger partial charge in [-0.1, -0.05) is 13.0 Å². The zero-order valence-corrected chi connectivity index (χ0v) is 11.8. The molecule has 4 nitrogen and oxygen atoms in total. The third kappa shape index (κ3) is 3.36. The maximum absolute atomic E-state index is 13.8. The number of hydrogen-bond acceptors (Lipinski definition) is 3. The fourth-order valence-corrected chi connectivity index (χ4v) is 2.03. The van der Waals surface area contributed by atoms with Crippen LogP contribution in [0.2, 0.25) is 0 Å². The highest BCUT2D eigenvalue weighted by Gasteiger charge is 2.09. The number of nitrogens with zero attached hydrogens (tertiary/aromatic N) is 2. The predicted octanol–water partition coefficient (Wildman–Crippen LogP) is 3.03. The van der Waals surface area contributed by atoms with Crippen LogP contribution in [0.4, 0.5) is 4.39 Å². The average Bonchev–Trinajstić information content (AvgIpc) is 2.84. The number of imidazole rings is 1. The van der Waals surface area contributed by atoms with E-state index in [2.05, 4.69) is 11.9 Å². The van der Waals surface area contributed by atoms with Crippen molar-refractivity contribution in [3.63, 3.8) is 0 Å².